The Labute approximate surface area is 130 Å². The van der Waals surface area contributed by atoms with Crippen LogP contribution in [0.4, 0.5) is 0 Å². The Balaban J connectivity index is 2.25. The van der Waals surface area contributed by atoms with Crippen LogP contribution in [0.25, 0.3) is 11.1 Å². The maximum atomic E-state index is 12.9. The lowest BCUT2D eigenvalue weighted by Gasteiger charge is -2.23. The van der Waals surface area contributed by atoms with Gasteiger partial charge >= 0.3 is 0 Å². The Morgan fingerprint density at radius 2 is 1.77 bits per heavy atom. The molecule has 0 bridgehead atoms. The topological polar surface area (TPSA) is 37.3 Å². The molecule has 0 saturated carbocycles. The highest BCUT2D eigenvalue weighted by Gasteiger charge is 2.27. The van der Waals surface area contributed by atoms with Gasteiger partial charge in [-0.3, -0.25) is 4.79 Å². The Morgan fingerprint density at radius 3 is 2.45 bits per heavy atom. The molecular weight excluding hydrogens is 272 g/mol. The van der Waals surface area contributed by atoms with Crippen LogP contribution in [0.2, 0.25) is 0 Å². The SMILES string of the molecule is CC=C1C(C)=C(c2cccc(CO)c2)C(=O)c2ccccc21. The molecule has 2 nitrogen and oxygen atoms in total. The molecular formula is C20H18O2. The first-order valence-corrected chi connectivity index (χ1v) is 7.39. The summed E-state index contributed by atoms with van der Waals surface area (Å²) in [5, 5.41) is 9.34. The molecule has 0 saturated heterocycles. The van der Waals surface area contributed by atoms with E-state index in [9.17, 15) is 9.90 Å². The molecule has 0 aromatic heterocycles. The third-order valence-electron chi connectivity index (χ3n) is 4.15. The van der Waals surface area contributed by atoms with Gasteiger partial charge in [-0.05, 0) is 47.8 Å². The lowest BCUT2D eigenvalue weighted by molar-refractivity contribution is 0.105. The highest BCUT2D eigenvalue weighted by Crippen LogP contribution is 2.39. The fourth-order valence-electron chi connectivity index (χ4n) is 3.10. The molecule has 2 heteroatoms. The fourth-order valence-corrected chi connectivity index (χ4v) is 3.10. The van der Waals surface area contributed by atoms with E-state index in [4.69, 9.17) is 0 Å². The van der Waals surface area contributed by atoms with Gasteiger partial charge in [-0.15, -0.1) is 0 Å². The van der Waals surface area contributed by atoms with E-state index in [1.807, 2.05) is 62.4 Å². The van der Waals surface area contributed by atoms with Gasteiger partial charge in [-0.1, -0.05) is 48.5 Å². The molecule has 0 fully saturated rings. The summed E-state index contributed by atoms with van der Waals surface area (Å²) in [4.78, 5) is 12.9. The first kappa shape index (κ1) is 14.5. The molecule has 0 atom stereocenters. The number of hydrogen-bond donors (Lipinski definition) is 1. The summed E-state index contributed by atoms with van der Waals surface area (Å²) in [7, 11) is 0. The van der Waals surface area contributed by atoms with Gasteiger partial charge in [0.05, 0.1) is 6.61 Å². The summed E-state index contributed by atoms with van der Waals surface area (Å²) in [6.07, 6.45) is 2.05. The number of aliphatic hydroxyl groups is 1. The quantitative estimate of drug-likeness (QED) is 0.897. The minimum absolute atomic E-state index is 0.0264. The minimum atomic E-state index is -0.0264. The third kappa shape index (κ3) is 2.22. The van der Waals surface area contributed by atoms with Crippen molar-refractivity contribution in [3.63, 3.8) is 0 Å². The number of rotatable bonds is 2. The first-order chi connectivity index (χ1) is 10.7. The molecule has 1 N–H and O–H groups in total. The van der Waals surface area contributed by atoms with Gasteiger partial charge in [-0.25, -0.2) is 0 Å². The number of Topliss-reactive ketones (excluding diaryl/α,β-unsaturated/α-hetero) is 1. The van der Waals surface area contributed by atoms with Gasteiger partial charge in [0.2, 0.25) is 0 Å². The molecule has 0 spiro atoms. The number of fused-ring (bicyclic) bond motifs is 1. The highest BCUT2D eigenvalue weighted by molar-refractivity contribution is 6.35. The van der Waals surface area contributed by atoms with Crippen molar-refractivity contribution in [3.05, 3.63) is 82.4 Å². The summed E-state index contributed by atoms with van der Waals surface area (Å²) in [6.45, 7) is 3.96. The van der Waals surface area contributed by atoms with Crippen LogP contribution in [0.3, 0.4) is 0 Å². The number of benzene rings is 2. The molecule has 1 aliphatic rings. The second kappa shape index (κ2) is 5.74. The number of carbonyl (C=O) groups is 1. The standard InChI is InChI=1S/C20H18O2/c1-3-16-13(2)19(15-8-6-7-14(11-15)12-21)20(22)18-10-5-4-9-17(16)18/h3-11,21H,12H2,1-2H3. The Morgan fingerprint density at radius 1 is 1.05 bits per heavy atom. The van der Waals surface area contributed by atoms with Gasteiger partial charge in [0.25, 0.3) is 0 Å². The normalized spacial score (nSPS) is 16.1. The smallest absolute Gasteiger partial charge is 0.194 e. The first-order valence-electron chi connectivity index (χ1n) is 7.39. The number of carbonyl (C=O) groups excluding carboxylic acids is 1. The second-order valence-corrected chi connectivity index (χ2v) is 5.44. The van der Waals surface area contributed by atoms with Crippen molar-refractivity contribution in [2.75, 3.05) is 0 Å². The van der Waals surface area contributed by atoms with Crippen LogP contribution >= 0.6 is 0 Å². The van der Waals surface area contributed by atoms with E-state index in [1.165, 1.54) is 0 Å². The van der Waals surface area contributed by atoms with Crippen LogP contribution in [0.15, 0.2) is 60.2 Å². The Bertz CT molecular complexity index is 810. The van der Waals surface area contributed by atoms with Crippen molar-refractivity contribution in [1.82, 2.24) is 0 Å². The molecule has 2 aromatic carbocycles. The van der Waals surface area contributed by atoms with Gasteiger partial charge in [-0.2, -0.15) is 0 Å². The number of aliphatic hydroxyl groups excluding tert-OH is 1. The average Bonchev–Trinajstić information content (AvgIpc) is 2.56. The Hall–Kier alpha value is -2.45. The Kier molecular flexibility index (Phi) is 3.78. The molecule has 0 radical (unpaired) electrons. The number of allylic oxidation sites excluding steroid dienone is 4. The predicted molar refractivity (Wildman–Crippen MR) is 89.4 cm³/mol. The molecule has 110 valence electrons. The van der Waals surface area contributed by atoms with E-state index >= 15 is 0 Å². The van der Waals surface area contributed by atoms with Gasteiger partial charge in [0.1, 0.15) is 0 Å². The maximum Gasteiger partial charge on any atom is 0.194 e. The second-order valence-electron chi connectivity index (χ2n) is 5.44. The van der Waals surface area contributed by atoms with E-state index in [0.717, 1.165) is 39.0 Å². The zero-order chi connectivity index (χ0) is 15.7. The van der Waals surface area contributed by atoms with E-state index in [2.05, 4.69) is 6.08 Å². The van der Waals surface area contributed by atoms with Crippen LogP contribution in [-0.4, -0.2) is 10.9 Å². The van der Waals surface area contributed by atoms with E-state index < -0.39 is 0 Å². The molecule has 22 heavy (non-hydrogen) atoms. The summed E-state index contributed by atoms with van der Waals surface area (Å²) >= 11 is 0. The van der Waals surface area contributed by atoms with Crippen molar-refractivity contribution >= 4 is 16.9 Å². The van der Waals surface area contributed by atoms with E-state index in [1.54, 1.807) is 0 Å². The van der Waals surface area contributed by atoms with E-state index in [0.29, 0.717) is 0 Å². The van der Waals surface area contributed by atoms with Crippen molar-refractivity contribution in [2.24, 2.45) is 0 Å². The molecule has 2 aromatic rings. The van der Waals surface area contributed by atoms with Crippen LogP contribution in [0.5, 0.6) is 0 Å². The van der Waals surface area contributed by atoms with Crippen LogP contribution < -0.4 is 0 Å². The van der Waals surface area contributed by atoms with Crippen molar-refractivity contribution in [1.29, 1.82) is 0 Å². The maximum absolute atomic E-state index is 12.9. The van der Waals surface area contributed by atoms with Crippen molar-refractivity contribution in [2.45, 2.75) is 20.5 Å². The van der Waals surface area contributed by atoms with Crippen LogP contribution in [0, 0.1) is 0 Å². The number of ketones is 1. The molecule has 1 aliphatic carbocycles. The van der Waals surface area contributed by atoms with Crippen LogP contribution in [-0.2, 0) is 6.61 Å². The summed E-state index contributed by atoms with van der Waals surface area (Å²) in [5.41, 5.74) is 6.22. The van der Waals surface area contributed by atoms with Crippen LogP contribution in [0.1, 0.15) is 40.9 Å². The van der Waals surface area contributed by atoms with E-state index in [-0.39, 0.29) is 12.4 Å². The molecule has 3 rings (SSSR count). The molecule has 0 heterocycles. The zero-order valence-electron chi connectivity index (χ0n) is 12.8. The summed E-state index contributed by atoms with van der Waals surface area (Å²) in [5.74, 6) is 0.0498. The third-order valence-corrected chi connectivity index (χ3v) is 4.15. The van der Waals surface area contributed by atoms with Crippen molar-refractivity contribution < 1.29 is 9.90 Å². The van der Waals surface area contributed by atoms with Gasteiger partial charge in [0, 0.05) is 11.1 Å². The predicted octanol–water partition coefficient (Wildman–Crippen LogP) is 4.25. The van der Waals surface area contributed by atoms with Crippen molar-refractivity contribution in [3.8, 4) is 0 Å². The average molecular weight is 290 g/mol. The van der Waals surface area contributed by atoms with Gasteiger partial charge < -0.3 is 5.11 Å². The monoisotopic (exact) mass is 290 g/mol. The minimum Gasteiger partial charge on any atom is -0.392 e. The molecule has 0 amide bonds. The molecule has 0 aliphatic heterocycles. The summed E-state index contributed by atoms with van der Waals surface area (Å²) in [6, 6.07) is 15.3. The lowest BCUT2D eigenvalue weighted by atomic mass is 9.79. The zero-order valence-corrected chi connectivity index (χ0v) is 12.8. The number of hydrogen-bond acceptors (Lipinski definition) is 2. The largest absolute Gasteiger partial charge is 0.392 e. The molecule has 0 unspecified atom stereocenters. The highest BCUT2D eigenvalue weighted by atomic mass is 16.3. The lowest BCUT2D eigenvalue weighted by Crippen LogP contribution is -2.14. The summed E-state index contributed by atoms with van der Waals surface area (Å²) < 4.78 is 0. The fraction of sp³-hybridized carbons (Fsp3) is 0.150. The van der Waals surface area contributed by atoms with Gasteiger partial charge in [0.15, 0.2) is 5.78 Å².